The molecule has 0 spiro atoms. The van der Waals surface area contributed by atoms with Crippen molar-refractivity contribution in [3.05, 3.63) is 119 Å². The summed E-state index contributed by atoms with van der Waals surface area (Å²) in [5, 5.41) is 13.3. The molecule has 5 aromatic rings. The maximum atomic E-state index is 12.6. The van der Waals surface area contributed by atoms with Crippen molar-refractivity contribution in [2.45, 2.75) is 24.4 Å². The molecular weight excluding hydrogens is 492 g/mol. The van der Waals surface area contributed by atoms with E-state index in [1.807, 2.05) is 65.2 Å². The zero-order valence-electron chi connectivity index (χ0n) is 19.5. The van der Waals surface area contributed by atoms with Crippen LogP contribution in [-0.2, 0) is 12.3 Å². The number of carbonyl (C=O) groups is 1. The molecule has 0 fully saturated rings. The summed E-state index contributed by atoms with van der Waals surface area (Å²) in [7, 11) is 0. The lowest BCUT2D eigenvalue weighted by Crippen LogP contribution is -2.22. The molecule has 6 nitrogen and oxygen atoms in total. The van der Waals surface area contributed by atoms with Crippen LogP contribution >= 0.6 is 23.4 Å². The van der Waals surface area contributed by atoms with Gasteiger partial charge in [-0.3, -0.25) is 9.36 Å². The number of carbonyl (C=O) groups excluding carboxylic acids is 1. The lowest BCUT2D eigenvalue weighted by Gasteiger charge is -2.11. The van der Waals surface area contributed by atoms with Crippen molar-refractivity contribution >= 4 is 29.3 Å². The normalized spacial score (nSPS) is 10.9. The monoisotopic (exact) mass is 514 g/mol. The molecule has 0 aliphatic heterocycles. The molecule has 0 saturated carbocycles. The van der Waals surface area contributed by atoms with Crippen LogP contribution in [-0.4, -0.2) is 20.7 Å². The Morgan fingerprint density at radius 2 is 1.83 bits per heavy atom. The molecule has 3 aromatic carbocycles. The molecule has 180 valence electrons. The van der Waals surface area contributed by atoms with E-state index >= 15 is 0 Å². The largest absolute Gasteiger partial charge is 0.467 e. The fourth-order valence-corrected chi connectivity index (χ4v) is 4.81. The van der Waals surface area contributed by atoms with Crippen LogP contribution in [0.1, 0.15) is 27.2 Å². The number of benzene rings is 3. The van der Waals surface area contributed by atoms with Crippen LogP contribution in [0.25, 0.3) is 17.1 Å². The van der Waals surface area contributed by atoms with E-state index < -0.39 is 0 Å². The summed E-state index contributed by atoms with van der Waals surface area (Å²) in [4.78, 5) is 12.6. The molecule has 2 aromatic heterocycles. The highest BCUT2D eigenvalue weighted by Crippen LogP contribution is 2.31. The van der Waals surface area contributed by atoms with Crippen LogP contribution in [0.3, 0.4) is 0 Å². The van der Waals surface area contributed by atoms with Crippen molar-refractivity contribution in [2.24, 2.45) is 0 Å². The standard InChI is InChI=1S/C28H23ClN4O2S/c1-19-10-12-21(13-11-19)26-31-32-28(33(26)24-8-3-7-23(29)16-24)36-18-20-5-2-6-22(15-20)27(34)30-17-25-9-4-14-35-25/h2-16H,17-18H2,1H3,(H,30,34). The Morgan fingerprint density at radius 3 is 2.61 bits per heavy atom. The van der Waals surface area contributed by atoms with E-state index in [4.69, 9.17) is 16.0 Å². The Balaban J connectivity index is 1.37. The Morgan fingerprint density at radius 1 is 1.00 bits per heavy atom. The molecule has 0 aliphatic carbocycles. The molecule has 1 N–H and O–H groups in total. The lowest BCUT2D eigenvalue weighted by atomic mass is 10.1. The number of hydrogen-bond donors (Lipinski definition) is 1. The number of amides is 1. The van der Waals surface area contributed by atoms with Gasteiger partial charge in [-0.15, -0.1) is 10.2 Å². The molecule has 0 atom stereocenters. The average molecular weight is 515 g/mol. The molecule has 8 heteroatoms. The van der Waals surface area contributed by atoms with Gasteiger partial charge in [0.05, 0.1) is 18.5 Å². The summed E-state index contributed by atoms with van der Waals surface area (Å²) in [5.74, 6) is 1.92. The van der Waals surface area contributed by atoms with Crippen molar-refractivity contribution in [3.8, 4) is 17.1 Å². The lowest BCUT2D eigenvalue weighted by molar-refractivity contribution is 0.0948. The van der Waals surface area contributed by atoms with E-state index in [9.17, 15) is 4.79 Å². The molecule has 1 amide bonds. The highest BCUT2D eigenvalue weighted by molar-refractivity contribution is 7.98. The minimum Gasteiger partial charge on any atom is -0.467 e. The molecule has 0 unspecified atom stereocenters. The van der Waals surface area contributed by atoms with Gasteiger partial charge in [0, 0.05) is 21.9 Å². The van der Waals surface area contributed by atoms with Crippen LogP contribution in [0, 0.1) is 6.92 Å². The van der Waals surface area contributed by atoms with Crippen molar-refractivity contribution in [1.29, 1.82) is 0 Å². The number of aromatic nitrogens is 3. The van der Waals surface area contributed by atoms with Crippen LogP contribution < -0.4 is 5.32 Å². The molecule has 0 aliphatic rings. The summed E-state index contributed by atoms with van der Waals surface area (Å²) in [5.41, 5.74) is 4.63. The number of hydrogen-bond acceptors (Lipinski definition) is 5. The third-order valence-corrected chi connectivity index (χ3v) is 6.81. The van der Waals surface area contributed by atoms with Crippen molar-refractivity contribution < 1.29 is 9.21 Å². The summed E-state index contributed by atoms with van der Waals surface area (Å²) >= 11 is 7.86. The number of nitrogens with one attached hydrogen (secondary N) is 1. The minimum absolute atomic E-state index is 0.151. The Bertz CT molecular complexity index is 1480. The molecule has 0 bridgehead atoms. The predicted molar refractivity (Wildman–Crippen MR) is 142 cm³/mol. The topological polar surface area (TPSA) is 73.0 Å². The third-order valence-electron chi connectivity index (χ3n) is 5.57. The van der Waals surface area contributed by atoms with Crippen LogP contribution in [0.4, 0.5) is 0 Å². The number of furan rings is 1. The minimum atomic E-state index is -0.151. The van der Waals surface area contributed by atoms with E-state index in [2.05, 4.69) is 34.6 Å². The fourth-order valence-electron chi connectivity index (χ4n) is 3.73. The number of aryl methyl sites for hydroxylation is 1. The number of thioether (sulfide) groups is 1. The van der Waals surface area contributed by atoms with E-state index in [-0.39, 0.29) is 5.91 Å². The van der Waals surface area contributed by atoms with Crippen molar-refractivity contribution in [3.63, 3.8) is 0 Å². The van der Waals surface area contributed by atoms with Gasteiger partial charge < -0.3 is 9.73 Å². The van der Waals surface area contributed by atoms with Gasteiger partial charge >= 0.3 is 0 Å². The first-order valence-electron chi connectivity index (χ1n) is 11.4. The second kappa shape index (κ2) is 10.8. The van der Waals surface area contributed by atoms with E-state index in [1.54, 1.807) is 30.2 Å². The van der Waals surface area contributed by atoms with Crippen molar-refractivity contribution in [2.75, 3.05) is 0 Å². The quantitative estimate of drug-likeness (QED) is 0.233. The summed E-state index contributed by atoms with van der Waals surface area (Å²) in [6, 6.07) is 27.0. The smallest absolute Gasteiger partial charge is 0.251 e. The summed E-state index contributed by atoms with van der Waals surface area (Å²) in [6.07, 6.45) is 1.59. The zero-order valence-corrected chi connectivity index (χ0v) is 21.1. The SMILES string of the molecule is Cc1ccc(-c2nnc(SCc3cccc(C(=O)NCc4ccco4)c3)n2-c2cccc(Cl)c2)cc1. The van der Waals surface area contributed by atoms with Gasteiger partial charge in [0.1, 0.15) is 5.76 Å². The van der Waals surface area contributed by atoms with Crippen LogP contribution in [0.15, 0.2) is 101 Å². The second-order valence-corrected chi connectivity index (χ2v) is 9.62. The summed E-state index contributed by atoms with van der Waals surface area (Å²) < 4.78 is 7.30. The van der Waals surface area contributed by atoms with Gasteiger partial charge in [0.2, 0.25) is 0 Å². The van der Waals surface area contributed by atoms with Crippen LogP contribution in [0.5, 0.6) is 0 Å². The molecular formula is C28H23ClN4O2S. The van der Waals surface area contributed by atoms with E-state index in [0.717, 1.165) is 27.8 Å². The predicted octanol–water partition coefficient (Wildman–Crippen LogP) is 6.71. The zero-order chi connectivity index (χ0) is 24.9. The Labute approximate surface area is 218 Å². The van der Waals surface area contributed by atoms with Gasteiger partial charge in [-0.2, -0.15) is 0 Å². The van der Waals surface area contributed by atoms with Gasteiger partial charge in [-0.1, -0.05) is 71.4 Å². The second-order valence-electron chi connectivity index (χ2n) is 8.24. The average Bonchev–Trinajstić information content (AvgIpc) is 3.57. The van der Waals surface area contributed by atoms with Crippen molar-refractivity contribution in [1.82, 2.24) is 20.1 Å². The first kappa shape index (κ1) is 23.9. The van der Waals surface area contributed by atoms with Gasteiger partial charge in [0.15, 0.2) is 11.0 Å². The molecule has 0 saturated heterocycles. The maximum Gasteiger partial charge on any atom is 0.251 e. The van der Waals surface area contributed by atoms with E-state index in [1.165, 1.54) is 5.56 Å². The molecule has 5 rings (SSSR count). The molecule has 2 heterocycles. The molecule has 0 radical (unpaired) electrons. The highest BCUT2D eigenvalue weighted by atomic mass is 35.5. The Hall–Kier alpha value is -3.81. The van der Waals surface area contributed by atoms with Crippen LogP contribution in [0.2, 0.25) is 5.02 Å². The number of halogens is 1. The first-order valence-corrected chi connectivity index (χ1v) is 12.7. The number of nitrogens with zero attached hydrogens (tertiary/aromatic N) is 3. The summed E-state index contributed by atoms with van der Waals surface area (Å²) in [6.45, 7) is 2.40. The third kappa shape index (κ3) is 5.53. The molecule has 36 heavy (non-hydrogen) atoms. The first-order chi connectivity index (χ1) is 17.6. The number of rotatable bonds is 8. The van der Waals surface area contributed by atoms with E-state index in [0.29, 0.717) is 28.6 Å². The maximum absolute atomic E-state index is 12.6. The van der Waals surface area contributed by atoms with Gasteiger partial charge in [-0.25, -0.2) is 0 Å². The van der Waals surface area contributed by atoms with Gasteiger partial charge in [0.25, 0.3) is 5.91 Å². The Kier molecular flexibility index (Phi) is 7.21. The van der Waals surface area contributed by atoms with Gasteiger partial charge in [-0.05, 0) is 55.0 Å². The highest BCUT2D eigenvalue weighted by Gasteiger charge is 2.17. The fraction of sp³-hybridized carbons (Fsp3) is 0.107.